The molecule has 30 heavy (non-hydrogen) atoms. The largest absolute Gasteiger partial charge is 0.493 e. The predicted molar refractivity (Wildman–Crippen MR) is 120 cm³/mol. The lowest BCUT2D eigenvalue weighted by Crippen LogP contribution is -2.18. The molecule has 0 heterocycles. The summed E-state index contributed by atoms with van der Waals surface area (Å²) in [7, 11) is 6.49. The number of ether oxygens (including phenoxy) is 3. The first-order chi connectivity index (χ1) is 14.5. The van der Waals surface area contributed by atoms with Crippen LogP contribution >= 0.6 is 0 Å². The minimum absolute atomic E-state index is 0.250. The van der Waals surface area contributed by atoms with E-state index in [1.165, 1.54) is 0 Å². The van der Waals surface area contributed by atoms with E-state index in [9.17, 15) is 9.70 Å². The molecule has 0 bridgehead atoms. The average molecular weight is 404 g/mol. The van der Waals surface area contributed by atoms with E-state index in [4.69, 9.17) is 14.2 Å². The lowest BCUT2D eigenvalue weighted by atomic mass is 9.93. The number of carbonyl (C=O) groups excluding carboxylic acids is 1. The van der Waals surface area contributed by atoms with Gasteiger partial charge < -0.3 is 19.5 Å². The maximum absolute atomic E-state index is 12.8. The number of hydrogen-bond acceptors (Lipinski definition) is 6. The predicted octanol–water partition coefficient (Wildman–Crippen LogP) is 3.29. The van der Waals surface area contributed by atoms with Crippen molar-refractivity contribution in [1.29, 1.82) is 0 Å². The van der Waals surface area contributed by atoms with Crippen LogP contribution in [-0.4, -0.2) is 35.1 Å². The van der Waals surface area contributed by atoms with Crippen molar-refractivity contribution in [2.24, 2.45) is 5.18 Å². The van der Waals surface area contributed by atoms with E-state index >= 15 is 0 Å². The van der Waals surface area contributed by atoms with Crippen molar-refractivity contribution in [1.82, 2.24) is 0 Å². The summed E-state index contributed by atoms with van der Waals surface area (Å²) < 4.78 is 16.3. The number of nitrogens with zero attached hydrogens (tertiary/aromatic N) is 1. The van der Waals surface area contributed by atoms with E-state index in [0.29, 0.717) is 28.5 Å². The van der Waals surface area contributed by atoms with Crippen LogP contribution in [0.2, 0.25) is 0 Å². The SMILES string of the molecule is Bc1ccc(N=O)cc1NC(=O)c1cccc(-c2ccc(OC)c(OC)c2OC)c1. The fourth-order valence-electron chi connectivity index (χ4n) is 3.15. The molecule has 8 heteroatoms. The number of rotatable bonds is 7. The minimum Gasteiger partial charge on any atom is -0.493 e. The van der Waals surface area contributed by atoms with Gasteiger partial charge in [-0.2, -0.15) is 0 Å². The van der Waals surface area contributed by atoms with Gasteiger partial charge in [-0.15, -0.1) is 4.91 Å². The Labute approximate surface area is 175 Å². The second-order valence-electron chi connectivity index (χ2n) is 6.51. The molecule has 152 valence electrons. The molecule has 0 atom stereocenters. The van der Waals surface area contributed by atoms with Gasteiger partial charge in [0.1, 0.15) is 13.5 Å². The third kappa shape index (κ3) is 4.12. The molecular weight excluding hydrogens is 383 g/mol. The Bertz CT molecular complexity index is 1100. The zero-order valence-electron chi connectivity index (χ0n) is 17.2. The number of nitroso groups, excluding NO2 is 1. The van der Waals surface area contributed by atoms with Crippen LogP contribution in [0.4, 0.5) is 11.4 Å². The smallest absolute Gasteiger partial charge is 0.255 e. The highest BCUT2D eigenvalue weighted by Gasteiger charge is 2.18. The van der Waals surface area contributed by atoms with Crippen LogP contribution in [-0.2, 0) is 0 Å². The maximum Gasteiger partial charge on any atom is 0.255 e. The van der Waals surface area contributed by atoms with Crippen molar-refractivity contribution < 1.29 is 19.0 Å². The molecule has 0 aliphatic rings. The summed E-state index contributed by atoms with van der Waals surface area (Å²) in [6.45, 7) is 0. The maximum atomic E-state index is 12.8. The topological polar surface area (TPSA) is 86.2 Å². The summed E-state index contributed by atoms with van der Waals surface area (Å²) in [4.78, 5) is 23.6. The first kappa shape index (κ1) is 20.9. The Hall–Kier alpha value is -3.81. The molecule has 7 nitrogen and oxygen atoms in total. The Morgan fingerprint density at radius 3 is 2.37 bits per heavy atom. The van der Waals surface area contributed by atoms with Crippen LogP contribution in [0.3, 0.4) is 0 Å². The van der Waals surface area contributed by atoms with Gasteiger partial charge in [-0.05, 0) is 47.1 Å². The van der Waals surface area contributed by atoms with Gasteiger partial charge in [0.05, 0.1) is 21.3 Å². The molecule has 0 aliphatic carbocycles. The summed E-state index contributed by atoms with van der Waals surface area (Å²) in [5, 5.41) is 5.75. The molecule has 0 radical (unpaired) electrons. The van der Waals surface area contributed by atoms with Gasteiger partial charge in [0.15, 0.2) is 11.5 Å². The molecule has 0 saturated heterocycles. The van der Waals surface area contributed by atoms with E-state index in [-0.39, 0.29) is 11.6 Å². The number of carbonyl (C=O) groups is 1. The normalized spacial score (nSPS) is 10.2. The van der Waals surface area contributed by atoms with E-state index in [1.54, 1.807) is 63.8 Å². The molecule has 0 fully saturated rings. The molecule has 0 aliphatic heterocycles. The fourth-order valence-corrected chi connectivity index (χ4v) is 3.15. The Kier molecular flexibility index (Phi) is 6.37. The van der Waals surface area contributed by atoms with Gasteiger partial charge in [-0.3, -0.25) is 4.79 Å². The third-order valence-electron chi connectivity index (χ3n) is 4.71. The third-order valence-corrected chi connectivity index (χ3v) is 4.71. The lowest BCUT2D eigenvalue weighted by molar-refractivity contribution is 0.102. The molecule has 1 N–H and O–H groups in total. The Morgan fingerprint density at radius 1 is 0.933 bits per heavy atom. The molecule has 3 aromatic rings. The molecule has 0 spiro atoms. The molecule has 1 amide bonds. The highest BCUT2D eigenvalue weighted by molar-refractivity contribution is 6.36. The highest BCUT2D eigenvalue weighted by Crippen LogP contribution is 2.44. The van der Waals surface area contributed by atoms with Gasteiger partial charge in [0, 0.05) is 16.8 Å². The summed E-state index contributed by atoms with van der Waals surface area (Å²) in [6.07, 6.45) is 0. The van der Waals surface area contributed by atoms with Crippen LogP contribution in [0, 0.1) is 4.91 Å². The summed E-state index contributed by atoms with van der Waals surface area (Å²) in [5.74, 6) is 1.23. The van der Waals surface area contributed by atoms with Gasteiger partial charge in [0.2, 0.25) is 5.75 Å². The summed E-state index contributed by atoms with van der Waals surface area (Å²) in [6, 6.07) is 15.6. The molecule has 0 unspecified atom stereocenters. The lowest BCUT2D eigenvalue weighted by Gasteiger charge is -2.16. The zero-order chi connectivity index (χ0) is 21.7. The van der Waals surface area contributed by atoms with E-state index in [2.05, 4.69) is 10.5 Å². The van der Waals surface area contributed by atoms with Crippen molar-refractivity contribution in [2.75, 3.05) is 26.6 Å². The van der Waals surface area contributed by atoms with E-state index in [0.717, 1.165) is 16.6 Å². The Balaban J connectivity index is 1.97. The Morgan fingerprint density at radius 2 is 1.70 bits per heavy atom. The van der Waals surface area contributed by atoms with Crippen molar-refractivity contribution in [3.8, 4) is 28.4 Å². The van der Waals surface area contributed by atoms with Crippen LogP contribution in [0.5, 0.6) is 17.2 Å². The number of nitrogens with one attached hydrogen (secondary N) is 1. The van der Waals surface area contributed by atoms with Crippen LogP contribution in [0.25, 0.3) is 11.1 Å². The van der Waals surface area contributed by atoms with Gasteiger partial charge in [-0.25, -0.2) is 0 Å². The number of amides is 1. The monoisotopic (exact) mass is 404 g/mol. The quantitative estimate of drug-likeness (QED) is 0.483. The van der Waals surface area contributed by atoms with Crippen LogP contribution in [0.1, 0.15) is 10.4 Å². The number of methoxy groups -OCH3 is 3. The number of hydrogen-bond donors (Lipinski definition) is 1. The van der Waals surface area contributed by atoms with E-state index in [1.807, 2.05) is 20.0 Å². The summed E-state index contributed by atoms with van der Waals surface area (Å²) >= 11 is 0. The first-order valence-electron chi connectivity index (χ1n) is 9.17. The summed E-state index contributed by atoms with van der Waals surface area (Å²) in [5.41, 5.74) is 3.60. The average Bonchev–Trinajstić information content (AvgIpc) is 2.79. The van der Waals surface area contributed by atoms with Crippen molar-refractivity contribution in [3.63, 3.8) is 0 Å². The van der Waals surface area contributed by atoms with Crippen LogP contribution < -0.4 is 25.0 Å². The molecule has 0 aromatic heterocycles. The zero-order valence-corrected chi connectivity index (χ0v) is 17.2. The first-order valence-corrected chi connectivity index (χ1v) is 9.17. The standard InChI is InChI=1S/C22H21BN2O5/c1-28-19-10-8-16(20(29-2)21(19)30-3)13-5-4-6-14(11-13)22(26)24-18-12-15(25-27)7-9-17(18)23/h4-12H,23H2,1-3H3,(H,24,26). The molecule has 3 rings (SSSR count). The number of anilines is 1. The van der Waals surface area contributed by atoms with Gasteiger partial charge in [0.25, 0.3) is 5.91 Å². The molecular formula is C22H21BN2O5. The number of benzene rings is 3. The van der Waals surface area contributed by atoms with Crippen molar-refractivity contribution >= 4 is 30.6 Å². The van der Waals surface area contributed by atoms with Crippen molar-refractivity contribution in [3.05, 3.63) is 65.1 Å². The van der Waals surface area contributed by atoms with Gasteiger partial charge >= 0.3 is 0 Å². The minimum atomic E-state index is -0.303. The van der Waals surface area contributed by atoms with Gasteiger partial charge in [-0.1, -0.05) is 23.7 Å². The molecule has 0 saturated carbocycles. The van der Waals surface area contributed by atoms with Crippen molar-refractivity contribution in [2.45, 2.75) is 0 Å². The highest BCUT2D eigenvalue weighted by atomic mass is 16.5. The second-order valence-corrected chi connectivity index (χ2v) is 6.51. The van der Waals surface area contributed by atoms with Crippen LogP contribution in [0.15, 0.2) is 59.8 Å². The fraction of sp³-hybridized carbons (Fsp3) is 0.136. The van der Waals surface area contributed by atoms with E-state index < -0.39 is 0 Å². The second kappa shape index (κ2) is 9.13. The molecule has 3 aromatic carbocycles.